The Labute approximate surface area is 74.5 Å². The van der Waals surface area contributed by atoms with E-state index >= 15 is 0 Å². The number of benzene rings is 1. The molecule has 13 heavy (non-hydrogen) atoms. The van der Waals surface area contributed by atoms with Gasteiger partial charge in [0.05, 0.1) is 5.69 Å². The summed E-state index contributed by atoms with van der Waals surface area (Å²) in [7, 11) is 0. The van der Waals surface area contributed by atoms with E-state index in [1.54, 1.807) is 0 Å². The van der Waals surface area contributed by atoms with Crippen LogP contribution in [0.25, 0.3) is 0 Å². The van der Waals surface area contributed by atoms with Crippen LogP contribution in [0.1, 0.15) is 13.8 Å². The van der Waals surface area contributed by atoms with E-state index in [-0.39, 0.29) is 11.4 Å². The Hall–Kier alpha value is -1.52. The molecule has 0 saturated carbocycles. The molecule has 1 rings (SSSR count). The first-order chi connectivity index (χ1) is 6.15. The zero-order valence-corrected chi connectivity index (χ0v) is 7.34. The highest BCUT2D eigenvalue weighted by molar-refractivity contribution is 5.62. The molecule has 0 fully saturated rings. The van der Waals surface area contributed by atoms with Crippen molar-refractivity contribution in [2.45, 2.75) is 13.8 Å². The third-order valence-corrected chi connectivity index (χ3v) is 1.17. The zero-order chi connectivity index (χ0) is 10.4. The minimum atomic E-state index is -1.13. The lowest BCUT2D eigenvalue weighted by molar-refractivity contribution is 0.509. The number of hydrogen-bond donors (Lipinski definition) is 1. The summed E-state index contributed by atoms with van der Waals surface area (Å²) in [5.74, 6) is -2.22. The lowest BCUT2D eigenvalue weighted by Gasteiger charge is -1.96. The lowest BCUT2D eigenvalue weighted by atomic mass is 10.2. The Kier molecular flexibility index (Phi) is 4.58. The van der Waals surface area contributed by atoms with Crippen molar-refractivity contribution < 1.29 is 8.78 Å². The average molecular weight is 188 g/mol. The molecule has 0 aliphatic carbocycles. The van der Waals surface area contributed by atoms with Crippen LogP contribution in [0.5, 0.6) is 0 Å². The summed E-state index contributed by atoms with van der Waals surface area (Å²) in [6.45, 7) is 4.00. The van der Waals surface area contributed by atoms with E-state index in [0.717, 1.165) is 0 Å². The SMILES string of the molecule is CC.Nc1cc(F)c(F)cc1N=O. The van der Waals surface area contributed by atoms with Crippen molar-refractivity contribution in [3.8, 4) is 0 Å². The molecule has 72 valence electrons. The number of nitrogens with zero attached hydrogens (tertiary/aromatic N) is 1. The van der Waals surface area contributed by atoms with Gasteiger partial charge in [0.15, 0.2) is 11.6 Å². The molecule has 0 spiro atoms. The molecule has 0 saturated heterocycles. The molecule has 0 unspecified atom stereocenters. The van der Waals surface area contributed by atoms with E-state index in [0.29, 0.717) is 12.1 Å². The van der Waals surface area contributed by atoms with Gasteiger partial charge in [-0.15, -0.1) is 4.91 Å². The third kappa shape index (κ3) is 2.77. The summed E-state index contributed by atoms with van der Waals surface area (Å²) in [5, 5.41) is 2.39. The van der Waals surface area contributed by atoms with Crippen molar-refractivity contribution in [3.05, 3.63) is 28.7 Å². The molecule has 0 amide bonds. The molecular weight excluding hydrogens is 178 g/mol. The van der Waals surface area contributed by atoms with Crippen molar-refractivity contribution in [1.29, 1.82) is 0 Å². The van der Waals surface area contributed by atoms with Crippen LogP contribution in [0.2, 0.25) is 0 Å². The predicted molar refractivity (Wildman–Crippen MR) is 47.6 cm³/mol. The number of rotatable bonds is 1. The highest BCUT2D eigenvalue weighted by Gasteiger charge is 2.06. The standard InChI is InChI=1S/C6H4F2N2O.C2H6/c7-3-1-5(9)6(10-11)2-4(3)8;1-2/h1-2H,9H2;1-2H3. The zero-order valence-electron chi connectivity index (χ0n) is 7.34. The molecule has 2 N–H and O–H groups in total. The Bertz CT molecular complexity index is 302. The highest BCUT2D eigenvalue weighted by atomic mass is 19.2. The number of nitrogens with two attached hydrogens (primary N) is 1. The predicted octanol–water partition coefficient (Wildman–Crippen LogP) is 2.97. The van der Waals surface area contributed by atoms with E-state index in [1.807, 2.05) is 13.8 Å². The van der Waals surface area contributed by atoms with Crippen LogP contribution in [0, 0.1) is 16.5 Å². The fraction of sp³-hybridized carbons (Fsp3) is 0.250. The Balaban J connectivity index is 0.000000671. The van der Waals surface area contributed by atoms with Gasteiger partial charge in [0, 0.05) is 12.1 Å². The van der Waals surface area contributed by atoms with Crippen molar-refractivity contribution in [1.82, 2.24) is 0 Å². The molecule has 0 aliphatic rings. The fourth-order valence-electron chi connectivity index (χ4n) is 0.631. The third-order valence-electron chi connectivity index (χ3n) is 1.17. The molecule has 0 bridgehead atoms. The van der Waals surface area contributed by atoms with Crippen molar-refractivity contribution in [3.63, 3.8) is 0 Å². The normalized spacial score (nSPS) is 8.62. The van der Waals surface area contributed by atoms with E-state index in [4.69, 9.17) is 5.73 Å². The second-order valence-corrected chi connectivity index (χ2v) is 1.92. The van der Waals surface area contributed by atoms with Gasteiger partial charge in [-0.05, 0) is 5.18 Å². The van der Waals surface area contributed by atoms with E-state index in [2.05, 4.69) is 5.18 Å². The first-order valence-electron chi connectivity index (χ1n) is 3.73. The second-order valence-electron chi connectivity index (χ2n) is 1.92. The summed E-state index contributed by atoms with van der Waals surface area (Å²) in [6, 6.07) is 1.36. The first-order valence-corrected chi connectivity index (χ1v) is 3.73. The molecule has 3 nitrogen and oxygen atoms in total. The van der Waals surface area contributed by atoms with E-state index in [9.17, 15) is 13.7 Å². The van der Waals surface area contributed by atoms with Gasteiger partial charge in [-0.1, -0.05) is 13.8 Å². The largest absolute Gasteiger partial charge is 0.397 e. The molecule has 0 aromatic heterocycles. The minimum absolute atomic E-state index is 0.168. The molecule has 0 heterocycles. The number of nitroso groups, excluding NO2 is 1. The van der Waals surface area contributed by atoms with Gasteiger partial charge < -0.3 is 5.73 Å². The Morgan fingerprint density at radius 3 is 2.15 bits per heavy atom. The Morgan fingerprint density at radius 1 is 1.23 bits per heavy atom. The smallest absolute Gasteiger partial charge is 0.161 e. The fourth-order valence-corrected chi connectivity index (χ4v) is 0.631. The molecule has 1 aromatic carbocycles. The quantitative estimate of drug-likeness (QED) is 0.544. The van der Waals surface area contributed by atoms with Crippen LogP contribution >= 0.6 is 0 Å². The molecule has 1 aromatic rings. The maximum absolute atomic E-state index is 12.3. The summed E-state index contributed by atoms with van der Waals surface area (Å²) in [6.07, 6.45) is 0. The monoisotopic (exact) mass is 188 g/mol. The Morgan fingerprint density at radius 2 is 1.69 bits per heavy atom. The summed E-state index contributed by atoms with van der Waals surface area (Å²) >= 11 is 0. The maximum atomic E-state index is 12.3. The van der Waals surface area contributed by atoms with Crippen LogP contribution in [0.3, 0.4) is 0 Å². The van der Waals surface area contributed by atoms with Crippen LogP contribution < -0.4 is 5.73 Å². The van der Waals surface area contributed by atoms with Crippen LogP contribution in [-0.4, -0.2) is 0 Å². The van der Waals surface area contributed by atoms with Crippen LogP contribution in [0.4, 0.5) is 20.2 Å². The second kappa shape index (κ2) is 5.18. The highest BCUT2D eigenvalue weighted by Crippen LogP contribution is 2.24. The topological polar surface area (TPSA) is 55.4 Å². The van der Waals surface area contributed by atoms with Gasteiger partial charge >= 0.3 is 0 Å². The van der Waals surface area contributed by atoms with Crippen LogP contribution in [-0.2, 0) is 0 Å². The van der Waals surface area contributed by atoms with Gasteiger partial charge in [-0.3, -0.25) is 0 Å². The van der Waals surface area contributed by atoms with E-state index < -0.39 is 11.6 Å². The van der Waals surface area contributed by atoms with Gasteiger partial charge in [0.25, 0.3) is 0 Å². The molecule has 0 atom stereocenters. The number of nitrogen functional groups attached to an aromatic ring is 1. The van der Waals surface area contributed by atoms with Gasteiger partial charge in [-0.25, -0.2) is 8.78 Å². The summed E-state index contributed by atoms with van der Waals surface area (Å²) in [4.78, 5) is 9.87. The minimum Gasteiger partial charge on any atom is -0.397 e. The van der Waals surface area contributed by atoms with Gasteiger partial charge in [0.2, 0.25) is 0 Å². The summed E-state index contributed by atoms with van der Waals surface area (Å²) in [5.41, 5.74) is 4.64. The lowest BCUT2D eigenvalue weighted by Crippen LogP contribution is -1.90. The van der Waals surface area contributed by atoms with Gasteiger partial charge in [0.1, 0.15) is 5.69 Å². The maximum Gasteiger partial charge on any atom is 0.161 e. The first kappa shape index (κ1) is 11.5. The average Bonchev–Trinajstić information content (AvgIpc) is 2.15. The number of halogens is 2. The molecule has 5 heteroatoms. The number of anilines is 1. The molecule has 0 radical (unpaired) electrons. The van der Waals surface area contributed by atoms with Crippen LogP contribution in [0.15, 0.2) is 17.3 Å². The molecule has 0 aliphatic heterocycles. The van der Waals surface area contributed by atoms with Crippen molar-refractivity contribution in [2.75, 3.05) is 5.73 Å². The van der Waals surface area contributed by atoms with Gasteiger partial charge in [-0.2, -0.15) is 0 Å². The van der Waals surface area contributed by atoms with E-state index in [1.165, 1.54) is 0 Å². The number of hydrogen-bond acceptors (Lipinski definition) is 3. The van der Waals surface area contributed by atoms with Crippen molar-refractivity contribution in [2.24, 2.45) is 5.18 Å². The molecular formula is C8H10F2N2O. The van der Waals surface area contributed by atoms with Crippen molar-refractivity contribution >= 4 is 11.4 Å². The summed E-state index contributed by atoms with van der Waals surface area (Å²) < 4.78 is 24.6.